The van der Waals surface area contributed by atoms with Crippen LogP contribution >= 0.6 is 11.5 Å². The fraction of sp³-hybridized carbons (Fsp3) is 0. The number of hydrogen-bond acceptors (Lipinski definition) is 7. The van der Waals surface area contributed by atoms with Crippen molar-refractivity contribution in [2.24, 2.45) is 0 Å². The van der Waals surface area contributed by atoms with Gasteiger partial charge in [0.05, 0.1) is 22.4 Å². The molecule has 0 aliphatic carbocycles. The average Bonchev–Trinajstić information content (AvgIpc) is 3.41. The third kappa shape index (κ3) is 3.62. The predicted molar refractivity (Wildman–Crippen MR) is 104 cm³/mol. The third-order valence-electron chi connectivity index (χ3n) is 3.97. The topological polar surface area (TPSA) is 116 Å². The lowest BCUT2D eigenvalue weighted by Crippen LogP contribution is -2.11. The summed E-state index contributed by atoms with van der Waals surface area (Å²) < 4.78 is 5.31. The molecule has 28 heavy (non-hydrogen) atoms. The third-order valence-corrected chi connectivity index (χ3v) is 4.47. The lowest BCUT2D eigenvalue weighted by molar-refractivity contribution is -0.384. The standard InChI is InChI=1S/C18H12N6O3S/c25-18(20-14-3-1-12(2-4-14)17-11-28-22-21-17)13-9-19-23(10-13)15-5-7-16(8-6-15)24(26)27/h1-11H,(H,20,25). The van der Waals surface area contributed by atoms with Crippen LogP contribution in [0.2, 0.25) is 0 Å². The van der Waals surface area contributed by atoms with Crippen LogP contribution in [-0.4, -0.2) is 30.2 Å². The highest BCUT2D eigenvalue weighted by Gasteiger charge is 2.11. The number of rotatable bonds is 5. The van der Waals surface area contributed by atoms with Gasteiger partial charge < -0.3 is 5.32 Å². The molecule has 9 nitrogen and oxygen atoms in total. The summed E-state index contributed by atoms with van der Waals surface area (Å²) in [7, 11) is 0. The second-order valence-electron chi connectivity index (χ2n) is 5.77. The molecule has 1 amide bonds. The first kappa shape index (κ1) is 17.5. The monoisotopic (exact) mass is 392 g/mol. The molecule has 0 fully saturated rings. The molecule has 138 valence electrons. The molecule has 0 spiro atoms. The molecule has 0 saturated heterocycles. The predicted octanol–water partition coefficient (Wildman–Crippen LogP) is 3.55. The van der Waals surface area contributed by atoms with E-state index in [0.29, 0.717) is 16.9 Å². The highest BCUT2D eigenvalue weighted by atomic mass is 32.1. The molecule has 0 unspecified atom stereocenters. The Morgan fingerprint density at radius 2 is 1.86 bits per heavy atom. The summed E-state index contributed by atoms with van der Waals surface area (Å²) in [5, 5.41) is 23.5. The Morgan fingerprint density at radius 3 is 2.50 bits per heavy atom. The summed E-state index contributed by atoms with van der Waals surface area (Å²) in [6.45, 7) is 0. The second kappa shape index (κ2) is 7.37. The van der Waals surface area contributed by atoms with Gasteiger partial charge in [0.25, 0.3) is 11.6 Å². The Hall–Kier alpha value is -3.92. The number of non-ortho nitro benzene ring substituents is 1. The number of hydrogen-bond donors (Lipinski definition) is 1. The number of aromatic nitrogens is 4. The van der Waals surface area contributed by atoms with Gasteiger partial charge in [0, 0.05) is 35.0 Å². The molecule has 0 aliphatic heterocycles. The first-order valence-electron chi connectivity index (χ1n) is 8.08. The van der Waals surface area contributed by atoms with Crippen LogP contribution in [0.4, 0.5) is 11.4 Å². The van der Waals surface area contributed by atoms with Gasteiger partial charge in [-0.2, -0.15) is 5.10 Å². The van der Waals surface area contributed by atoms with Gasteiger partial charge in [0.15, 0.2) is 0 Å². The lowest BCUT2D eigenvalue weighted by atomic mass is 10.1. The Labute approximate surface area is 162 Å². The minimum Gasteiger partial charge on any atom is -0.322 e. The van der Waals surface area contributed by atoms with E-state index in [9.17, 15) is 14.9 Å². The van der Waals surface area contributed by atoms with E-state index in [1.165, 1.54) is 34.5 Å². The van der Waals surface area contributed by atoms with E-state index in [0.717, 1.165) is 11.3 Å². The number of nitrogens with zero attached hydrogens (tertiary/aromatic N) is 5. The molecule has 4 rings (SSSR count). The summed E-state index contributed by atoms with van der Waals surface area (Å²) in [5.41, 5.74) is 3.31. The molecule has 2 heterocycles. The minimum absolute atomic E-state index is 0.00856. The molecule has 4 aromatic rings. The van der Waals surface area contributed by atoms with Crippen molar-refractivity contribution in [2.45, 2.75) is 0 Å². The maximum Gasteiger partial charge on any atom is 0.269 e. The van der Waals surface area contributed by atoms with Crippen LogP contribution in [-0.2, 0) is 0 Å². The SMILES string of the molecule is O=C(Nc1ccc(-c2csnn2)cc1)c1cnn(-c2ccc([N+](=O)[O-])cc2)c1. The maximum atomic E-state index is 12.4. The summed E-state index contributed by atoms with van der Waals surface area (Å²) in [4.78, 5) is 22.7. The molecule has 0 atom stereocenters. The van der Waals surface area contributed by atoms with E-state index >= 15 is 0 Å². The van der Waals surface area contributed by atoms with Crippen LogP contribution in [0, 0.1) is 10.1 Å². The van der Waals surface area contributed by atoms with E-state index in [1.807, 2.05) is 17.5 Å². The number of carbonyl (C=O) groups is 1. The first-order valence-corrected chi connectivity index (χ1v) is 8.92. The van der Waals surface area contributed by atoms with Crippen molar-refractivity contribution in [1.82, 2.24) is 19.4 Å². The number of nitro benzene ring substituents is 1. The van der Waals surface area contributed by atoms with Gasteiger partial charge in [0.1, 0.15) is 5.69 Å². The largest absolute Gasteiger partial charge is 0.322 e. The Bertz CT molecular complexity index is 1120. The zero-order valence-electron chi connectivity index (χ0n) is 14.2. The molecule has 10 heteroatoms. The number of carbonyl (C=O) groups excluding carboxylic acids is 1. The Balaban J connectivity index is 1.46. The highest BCUT2D eigenvalue weighted by molar-refractivity contribution is 7.03. The number of benzene rings is 2. The molecule has 0 bridgehead atoms. The zero-order valence-corrected chi connectivity index (χ0v) is 15.0. The summed E-state index contributed by atoms with van der Waals surface area (Å²) in [6, 6.07) is 13.2. The molecular formula is C18H12N6O3S. The van der Waals surface area contributed by atoms with Crippen molar-refractivity contribution in [2.75, 3.05) is 5.32 Å². The van der Waals surface area contributed by atoms with Crippen molar-refractivity contribution in [3.8, 4) is 16.9 Å². The first-order chi connectivity index (χ1) is 13.6. The van der Waals surface area contributed by atoms with Crippen LogP contribution in [0.1, 0.15) is 10.4 Å². The molecular weight excluding hydrogens is 380 g/mol. The second-order valence-corrected chi connectivity index (χ2v) is 6.38. The smallest absolute Gasteiger partial charge is 0.269 e. The normalized spacial score (nSPS) is 10.6. The van der Waals surface area contributed by atoms with E-state index in [4.69, 9.17) is 0 Å². The van der Waals surface area contributed by atoms with E-state index in [2.05, 4.69) is 20.0 Å². The maximum absolute atomic E-state index is 12.4. The Kier molecular flexibility index (Phi) is 4.60. The summed E-state index contributed by atoms with van der Waals surface area (Å²) >= 11 is 1.28. The van der Waals surface area contributed by atoms with Gasteiger partial charge in [0.2, 0.25) is 0 Å². The van der Waals surface area contributed by atoms with Gasteiger partial charge >= 0.3 is 0 Å². The van der Waals surface area contributed by atoms with Gasteiger partial charge in [-0.3, -0.25) is 14.9 Å². The van der Waals surface area contributed by atoms with E-state index in [1.54, 1.807) is 30.5 Å². The molecule has 1 N–H and O–H groups in total. The van der Waals surface area contributed by atoms with Crippen LogP contribution in [0.3, 0.4) is 0 Å². The highest BCUT2D eigenvalue weighted by Crippen LogP contribution is 2.21. The number of amides is 1. The van der Waals surface area contributed by atoms with Crippen molar-refractivity contribution >= 4 is 28.8 Å². The van der Waals surface area contributed by atoms with Crippen molar-refractivity contribution in [1.29, 1.82) is 0 Å². The quantitative estimate of drug-likeness (QED) is 0.410. The fourth-order valence-electron chi connectivity index (χ4n) is 2.53. The van der Waals surface area contributed by atoms with Crippen molar-refractivity contribution in [3.63, 3.8) is 0 Å². The van der Waals surface area contributed by atoms with Crippen LogP contribution in [0.25, 0.3) is 16.9 Å². The van der Waals surface area contributed by atoms with Gasteiger partial charge in [-0.25, -0.2) is 4.68 Å². The van der Waals surface area contributed by atoms with Crippen LogP contribution < -0.4 is 5.32 Å². The number of nitrogens with one attached hydrogen (secondary N) is 1. The zero-order chi connectivity index (χ0) is 19.5. The molecule has 2 aromatic heterocycles. The fourth-order valence-corrected chi connectivity index (χ4v) is 2.99. The molecule has 0 saturated carbocycles. The average molecular weight is 392 g/mol. The van der Waals surface area contributed by atoms with E-state index < -0.39 is 4.92 Å². The molecule has 0 radical (unpaired) electrons. The number of anilines is 1. The lowest BCUT2D eigenvalue weighted by Gasteiger charge is -2.04. The molecule has 2 aromatic carbocycles. The van der Waals surface area contributed by atoms with Crippen LogP contribution in [0.15, 0.2) is 66.3 Å². The summed E-state index contributed by atoms with van der Waals surface area (Å²) in [6.07, 6.45) is 3.00. The van der Waals surface area contributed by atoms with Gasteiger partial charge in [-0.15, -0.1) is 5.10 Å². The van der Waals surface area contributed by atoms with E-state index in [-0.39, 0.29) is 11.6 Å². The van der Waals surface area contributed by atoms with Crippen LogP contribution in [0.5, 0.6) is 0 Å². The number of nitro groups is 1. The van der Waals surface area contributed by atoms with Gasteiger partial charge in [-0.1, -0.05) is 16.6 Å². The van der Waals surface area contributed by atoms with Crippen molar-refractivity contribution < 1.29 is 9.72 Å². The molecule has 0 aliphatic rings. The summed E-state index contributed by atoms with van der Waals surface area (Å²) in [5.74, 6) is -0.309. The Morgan fingerprint density at radius 1 is 1.11 bits per heavy atom. The van der Waals surface area contributed by atoms with Crippen molar-refractivity contribution in [3.05, 3.63) is 82.0 Å². The minimum atomic E-state index is -0.470. The van der Waals surface area contributed by atoms with Gasteiger partial charge in [-0.05, 0) is 35.8 Å².